The molecule has 24 heavy (non-hydrogen) atoms. The number of aromatic nitrogens is 2. The molecule has 1 aromatic carbocycles. The lowest BCUT2D eigenvalue weighted by Crippen LogP contribution is -2.37. The number of nitrogens with one attached hydrogen (secondary N) is 2. The minimum Gasteiger partial charge on any atom is -0.407 e. The highest BCUT2D eigenvalue weighted by molar-refractivity contribution is 6.30. The van der Waals surface area contributed by atoms with Gasteiger partial charge in [0.15, 0.2) is 0 Å². The van der Waals surface area contributed by atoms with Crippen LogP contribution in [0.4, 0.5) is 6.01 Å². The molecule has 1 aliphatic rings. The van der Waals surface area contributed by atoms with Gasteiger partial charge in [-0.15, -0.1) is 5.10 Å². The van der Waals surface area contributed by atoms with E-state index in [1.165, 1.54) is 24.8 Å². The third kappa shape index (κ3) is 4.47. The molecule has 1 aliphatic heterocycles. The molecule has 1 fully saturated rings. The van der Waals surface area contributed by atoms with Crippen LogP contribution in [-0.4, -0.2) is 41.8 Å². The molecule has 2 aromatic rings. The lowest BCUT2D eigenvalue weighted by Gasteiger charge is -2.34. The van der Waals surface area contributed by atoms with Gasteiger partial charge in [-0.2, -0.15) is 0 Å². The van der Waals surface area contributed by atoms with Crippen LogP contribution in [0.15, 0.2) is 28.7 Å². The molecule has 0 radical (unpaired) electrons. The Balaban J connectivity index is 1.70. The number of nitrogens with zero attached hydrogens (tertiary/aromatic N) is 3. The fraction of sp³-hybridized carbons (Fsp3) is 0.529. The minimum atomic E-state index is 0.266. The monoisotopic (exact) mass is 349 g/mol. The quantitative estimate of drug-likeness (QED) is 0.800. The molecule has 2 N–H and O–H groups in total. The van der Waals surface area contributed by atoms with Gasteiger partial charge in [-0.05, 0) is 50.7 Å². The van der Waals surface area contributed by atoms with Crippen molar-refractivity contribution < 1.29 is 4.42 Å². The topological polar surface area (TPSA) is 66.2 Å². The second-order valence-corrected chi connectivity index (χ2v) is 6.51. The molecule has 1 saturated heterocycles. The summed E-state index contributed by atoms with van der Waals surface area (Å²) in [7, 11) is 1.85. The maximum Gasteiger partial charge on any atom is 0.315 e. The zero-order valence-electron chi connectivity index (χ0n) is 14.0. The summed E-state index contributed by atoms with van der Waals surface area (Å²) in [6.07, 6.45) is 3.81. The number of hydrogen-bond donors (Lipinski definition) is 2. The lowest BCUT2D eigenvalue weighted by molar-refractivity contribution is 0.170. The Kier molecular flexibility index (Phi) is 6.07. The molecule has 6 nitrogen and oxygen atoms in total. The summed E-state index contributed by atoms with van der Waals surface area (Å²) < 4.78 is 5.58. The van der Waals surface area contributed by atoms with Crippen LogP contribution in [0.5, 0.6) is 0 Å². The smallest absolute Gasteiger partial charge is 0.315 e. The van der Waals surface area contributed by atoms with Crippen molar-refractivity contribution in [3.63, 3.8) is 0 Å². The van der Waals surface area contributed by atoms with Crippen molar-refractivity contribution in [2.24, 2.45) is 0 Å². The average molecular weight is 350 g/mol. The summed E-state index contributed by atoms with van der Waals surface area (Å²) in [6, 6.07) is 8.84. The van der Waals surface area contributed by atoms with Crippen LogP contribution in [0.2, 0.25) is 5.02 Å². The van der Waals surface area contributed by atoms with E-state index in [0.717, 1.165) is 24.7 Å². The molecule has 0 saturated carbocycles. The van der Waals surface area contributed by atoms with Crippen molar-refractivity contribution in [1.29, 1.82) is 0 Å². The summed E-state index contributed by atoms with van der Waals surface area (Å²) in [5.41, 5.74) is 1.25. The van der Waals surface area contributed by atoms with Gasteiger partial charge < -0.3 is 15.1 Å². The van der Waals surface area contributed by atoms with Crippen molar-refractivity contribution >= 4 is 17.6 Å². The Morgan fingerprint density at radius 3 is 2.62 bits per heavy atom. The zero-order valence-corrected chi connectivity index (χ0v) is 14.7. The summed E-state index contributed by atoms with van der Waals surface area (Å²) in [5, 5.41) is 15.1. The number of anilines is 1. The van der Waals surface area contributed by atoms with E-state index in [1.807, 2.05) is 19.2 Å². The van der Waals surface area contributed by atoms with E-state index < -0.39 is 0 Å². The van der Waals surface area contributed by atoms with Crippen LogP contribution in [0.25, 0.3) is 0 Å². The first-order valence-corrected chi connectivity index (χ1v) is 8.84. The van der Waals surface area contributed by atoms with Gasteiger partial charge in [0.25, 0.3) is 0 Å². The van der Waals surface area contributed by atoms with Gasteiger partial charge in [0.2, 0.25) is 5.89 Å². The highest BCUT2D eigenvalue weighted by Crippen LogP contribution is 2.26. The molecule has 1 atom stereocenters. The highest BCUT2D eigenvalue weighted by Gasteiger charge is 2.22. The number of halogens is 1. The maximum absolute atomic E-state index is 6.04. The molecule has 2 heterocycles. The maximum atomic E-state index is 6.04. The van der Waals surface area contributed by atoms with Crippen molar-refractivity contribution in [2.45, 2.75) is 31.8 Å². The average Bonchev–Trinajstić information content (AvgIpc) is 3.05. The largest absolute Gasteiger partial charge is 0.407 e. The van der Waals surface area contributed by atoms with Gasteiger partial charge >= 0.3 is 6.01 Å². The van der Waals surface area contributed by atoms with Crippen LogP contribution in [0.3, 0.4) is 0 Å². The summed E-state index contributed by atoms with van der Waals surface area (Å²) >= 11 is 6.04. The molecule has 1 aromatic heterocycles. The summed E-state index contributed by atoms with van der Waals surface area (Å²) in [5.74, 6) is 0.584. The predicted molar refractivity (Wildman–Crippen MR) is 95.2 cm³/mol. The molecular weight excluding hydrogens is 326 g/mol. The number of piperidine rings is 1. The molecule has 7 heteroatoms. The van der Waals surface area contributed by atoms with Gasteiger partial charge in [-0.3, -0.25) is 4.90 Å². The highest BCUT2D eigenvalue weighted by atomic mass is 35.5. The van der Waals surface area contributed by atoms with E-state index >= 15 is 0 Å². The lowest BCUT2D eigenvalue weighted by atomic mass is 10.0. The van der Waals surface area contributed by atoms with Crippen LogP contribution in [0, 0.1) is 0 Å². The second kappa shape index (κ2) is 8.46. The SMILES string of the molecule is CNCc1nnc(NCC(c2ccc(Cl)cc2)N2CCCCC2)o1. The molecule has 130 valence electrons. The Morgan fingerprint density at radius 1 is 1.17 bits per heavy atom. The first-order valence-electron chi connectivity index (χ1n) is 8.46. The second-order valence-electron chi connectivity index (χ2n) is 6.08. The predicted octanol–water partition coefficient (Wildman–Crippen LogP) is 3.08. The van der Waals surface area contributed by atoms with Crippen molar-refractivity contribution in [1.82, 2.24) is 20.4 Å². The van der Waals surface area contributed by atoms with Crippen LogP contribution < -0.4 is 10.6 Å². The van der Waals surface area contributed by atoms with E-state index in [0.29, 0.717) is 18.5 Å². The Morgan fingerprint density at radius 2 is 1.92 bits per heavy atom. The van der Waals surface area contributed by atoms with Gasteiger partial charge in [0.05, 0.1) is 12.6 Å². The molecule has 1 unspecified atom stereocenters. The normalized spacial score (nSPS) is 16.9. The van der Waals surface area contributed by atoms with E-state index in [2.05, 4.69) is 37.9 Å². The molecule has 3 rings (SSSR count). The van der Waals surface area contributed by atoms with Gasteiger partial charge in [0, 0.05) is 11.6 Å². The van der Waals surface area contributed by atoms with E-state index in [9.17, 15) is 0 Å². The van der Waals surface area contributed by atoms with Crippen LogP contribution in [0.1, 0.15) is 36.8 Å². The summed E-state index contributed by atoms with van der Waals surface area (Å²) in [4.78, 5) is 2.52. The van der Waals surface area contributed by atoms with E-state index in [4.69, 9.17) is 16.0 Å². The Bertz CT molecular complexity index is 624. The first-order chi connectivity index (χ1) is 11.8. The van der Waals surface area contributed by atoms with E-state index in [1.54, 1.807) is 0 Å². The standard InChI is InChI=1S/C17H24ClN5O/c1-19-12-16-21-22-17(24-16)20-11-15(23-9-3-2-4-10-23)13-5-7-14(18)8-6-13/h5-8,15,19H,2-4,9-12H2,1H3,(H,20,22). The Labute approximate surface area is 147 Å². The number of hydrogen-bond acceptors (Lipinski definition) is 6. The number of likely N-dealkylation sites (tertiary alicyclic amines) is 1. The van der Waals surface area contributed by atoms with Crippen LogP contribution >= 0.6 is 11.6 Å². The van der Waals surface area contributed by atoms with E-state index in [-0.39, 0.29) is 6.04 Å². The molecule has 0 aliphatic carbocycles. The molecule has 0 spiro atoms. The Hall–Kier alpha value is -1.63. The molecular formula is C17H24ClN5O. The van der Waals surface area contributed by atoms with Gasteiger partial charge in [-0.25, -0.2) is 0 Å². The fourth-order valence-corrected chi connectivity index (χ4v) is 3.23. The fourth-order valence-electron chi connectivity index (χ4n) is 3.10. The molecule has 0 bridgehead atoms. The van der Waals surface area contributed by atoms with Crippen LogP contribution in [-0.2, 0) is 6.54 Å². The number of benzene rings is 1. The third-order valence-corrected chi connectivity index (χ3v) is 4.58. The first kappa shape index (κ1) is 17.2. The van der Waals surface area contributed by atoms with Crippen molar-refractivity contribution in [2.75, 3.05) is 32.0 Å². The van der Waals surface area contributed by atoms with Crippen molar-refractivity contribution in [3.8, 4) is 0 Å². The van der Waals surface area contributed by atoms with Gasteiger partial charge in [-0.1, -0.05) is 35.3 Å². The minimum absolute atomic E-state index is 0.266. The van der Waals surface area contributed by atoms with Crippen molar-refractivity contribution in [3.05, 3.63) is 40.7 Å². The van der Waals surface area contributed by atoms with Gasteiger partial charge in [0.1, 0.15) is 0 Å². The zero-order chi connectivity index (χ0) is 16.8. The summed E-state index contributed by atoms with van der Waals surface area (Å²) in [6.45, 7) is 3.53. The number of rotatable bonds is 7. The third-order valence-electron chi connectivity index (χ3n) is 4.33. The molecule has 0 amide bonds.